The van der Waals surface area contributed by atoms with Crippen LogP contribution in [0.25, 0.3) is 22.2 Å². The molecule has 4 aromatic rings. The number of amides is 1. The minimum Gasteiger partial charge on any atom is -0.311 e. The first-order valence-electron chi connectivity index (χ1n) is 11.4. The summed E-state index contributed by atoms with van der Waals surface area (Å²) in [6, 6.07) is 15.8. The summed E-state index contributed by atoms with van der Waals surface area (Å²) in [6.45, 7) is 1.75. The quantitative estimate of drug-likeness (QED) is 0.436. The van der Waals surface area contributed by atoms with Crippen LogP contribution in [-0.4, -0.2) is 28.9 Å². The van der Waals surface area contributed by atoms with Crippen molar-refractivity contribution in [2.75, 3.05) is 5.32 Å². The first-order valence-corrected chi connectivity index (χ1v) is 12.9. The lowest BCUT2D eigenvalue weighted by atomic mass is 9.95. The van der Waals surface area contributed by atoms with Gasteiger partial charge in [0.1, 0.15) is 16.2 Å². The van der Waals surface area contributed by atoms with E-state index in [9.17, 15) is 13.2 Å². The van der Waals surface area contributed by atoms with Gasteiger partial charge in [-0.05, 0) is 37.1 Å². The van der Waals surface area contributed by atoms with E-state index < -0.39 is 9.84 Å². The Morgan fingerprint density at radius 2 is 1.61 bits per heavy atom. The molecule has 0 spiro atoms. The van der Waals surface area contributed by atoms with Crippen molar-refractivity contribution in [3.05, 3.63) is 54.6 Å². The van der Waals surface area contributed by atoms with Crippen LogP contribution in [-0.2, 0) is 14.6 Å². The second kappa shape index (κ2) is 8.59. The van der Waals surface area contributed by atoms with E-state index in [1.54, 1.807) is 37.3 Å². The van der Waals surface area contributed by atoms with Gasteiger partial charge < -0.3 is 9.88 Å². The van der Waals surface area contributed by atoms with Crippen molar-refractivity contribution in [2.45, 2.75) is 61.3 Å². The van der Waals surface area contributed by atoms with E-state index in [0.717, 1.165) is 32.1 Å². The fourth-order valence-electron chi connectivity index (χ4n) is 4.64. The third-order valence-electron chi connectivity index (χ3n) is 6.29. The highest BCUT2D eigenvalue weighted by molar-refractivity contribution is 7.92. The second-order valence-electron chi connectivity index (χ2n) is 8.44. The maximum atomic E-state index is 13.9. The van der Waals surface area contributed by atoms with Crippen molar-refractivity contribution < 1.29 is 13.2 Å². The SMILES string of the molecule is CCC(=O)Nc1c(S(=O)(=O)c2ccccc2)c2nc3ccccc3nc2n1C1CCCCC1. The fourth-order valence-corrected chi connectivity index (χ4v) is 6.19. The molecule has 7 nitrogen and oxygen atoms in total. The number of anilines is 1. The molecule has 170 valence electrons. The van der Waals surface area contributed by atoms with Gasteiger partial charge in [0.15, 0.2) is 5.65 Å². The van der Waals surface area contributed by atoms with Gasteiger partial charge in [-0.15, -0.1) is 0 Å². The number of sulfone groups is 1. The first-order chi connectivity index (χ1) is 16.0. The van der Waals surface area contributed by atoms with Crippen molar-refractivity contribution in [2.24, 2.45) is 0 Å². The van der Waals surface area contributed by atoms with Crippen LogP contribution in [0.15, 0.2) is 64.4 Å². The number of para-hydroxylation sites is 2. The number of carbonyl (C=O) groups is 1. The molecule has 1 aliphatic carbocycles. The summed E-state index contributed by atoms with van der Waals surface area (Å²) < 4.78 is 29.8. The van der Waals surface area contributed by atoms with Gasteiger partial charge in [-0.2, -0.15) is 0 Å². The molecule has 1 N–H and O–H groups in total. The zero-order valence-electron chi connectivity index (χ0n) is 18.5. The van der Waals surface area contributed by atoms with Crippen LogP contribution >= 0.6 is 0 Å². The second-order valence-corrected chi connectivity index (χ2v) is 10.3. The monoisotopic (exact) mass is 462 g/mol. The standard InChI is InChI=1S/C25H26N4O3S/c1-2-21(30)28-25-23(33(31,32)18-13-7-4-8-14-18)22-24(29(25)17-11-5-3-6-12-17)27-20-16-10-9-15-19(20)26-22/h4,7-10,13-17H,2-3,5-6,11-12H2,1H3,(H,28,30). The molecule has 1 amide bonds. The molecule has 2 aromatic heterocycles. The maximum absolute atomic E-state index is 13.9. The van der Waals surface area contributed by atoms with Crippen molar-refractivity contribution >= 4 is 43.8 Å². The Morgan fingerprint density at radius 3 is 2.27 bits per heavy atom. The molecule has 0 atom stereocenters. The summed E-state index contributed by atoms with van der Waals surface area (Å²) in [7, 11) is -3.97. The lowest BCUT2D eigenvalue weighted by molar-refractivity contribution is -0.115. The molecule has 8 heteroatoms. The van der Waals surface area contributed by atoms with E-state index in [1.807, 2.05) is 28.8 Å². The number of rotatable bonds is 5. The van der Waals surface area contributed by atoms with Gasteiger partial charge >= 0.3 is 0 Å². The van der Waals surface area contributed by atoms with E-state index in [-0.39, 0.29) is 34.0 Å². The average Bonchev–Trinajstić information content (AvgIpc) is 3.16. The number of carbonyl (C=O) groups excluding carboxylic acids is 1. The van der Waals surface area contributed by atoms with Crippen LogP contribution in [0.2, 0.25) is 0 Å². The van der Waals surface area contributed by atoms with E-state index >= 15 is 0 Å². The molecule has 1 fully saturated rings. The zero-order valence-corrected chi connectivity index (χ0v) is 19.3. The minimum atomic E-state index is -3.97. The van der Waals surface area contributed by atoms with Gasteiger partial charge in [0.2, 0.25) is 15.7 Å². The molecular weight excluding hydrogens is 436 g/mol. The Labute approximate surface area is 192 Å². The van der Waals surface area contributed by atoms with E-state index in [2.05, 4.69) is 5.32 Å². The smallest absolute Gasteiger partial charge is 0.225 e. The normalized spacial score (nSPS) is 15.2. The molecule has 0 unspecified atom stereocenters. The summed E-state index contributed by atoms with van der Waals surface area (Å²) >= 11 is 0. The van der Waals surface area contributed by atoms with Crippen LogP contribution < -0.4 is 5.32 Å². The van der Waals surface area contributed by atoms with E-state index in [0.29, 0.717) is 22.2 Å². The van der Waals surface area contributed by atoms with Gasteiger partial charge in [0.25, 0.3) is 0 Å². The summed E-state index contributed by atoms with van der Waals surface area (Å²) in [5.74, 6) is 0.0341. The average molecular weight is 463 g/mol. The van der Waals surface area contributed by atoms with E-state index in [4.69, 9.17) is 9.97 Å². The Morgan fingerprint density at radius 1 is 0.970 bits per heavy atom. The number of hydrogen-bond acceptors (Lipinski definition) is 5. The summed E-state index contributed by atoms with van der Waals surface area (Å²) in [5, 5.41) is 2.91. The van der Waals surface area contributed by atoms with Gasteiger partial charge in [-0.1, -0.05) is 56.5 Å². The third kappa shape index (κ3) is 3.78. The maximum Gasteiger partial charge on any atom is 0.225 e. The van der Waals surface area contributed by atoms with Crippen molar-refractivity contribution in [1.82, 2.24) is 14.5 Å². The van der Waals surface area contributed by atoms with Gasteiger partial charge in [-0.3, -0.25) is 4.79 Å². The number of nitrogens with zero attached hydrogens (tertiary/aromatic N) is 3. The largest absolute Gasteiger partial charge is 0.311 e. The third-order valence-corrected chi connectivity index (χ3v) is 8.11. The summed E-state index contributed by atoms with van der Waals surface area (Å²) in [4.78, 5) is 22.4. The summed E-state index contributed by atoms with van der Waals surface area (Å²) in [5.41, 5.74) is 2.11. The number of hydrogen-bond donors (Lipinski definition) is 1. The summed E-state index contributed by atoms with van der Waals surface area (Å²) in [6.07, 6.45) is 5.28. The predicted molar refractivity (Wildman–Crippen MR) is 128 cm³/mol. The van der Waals surface area contributed by atoms with Crippen molar-refractivity contribution in [3.8, 4) is 0 Å². The Balaban J connectivity index is 1.89. The Hall–Kier alpha value is -3.26. The van der Waals surface area contributed by atoms with Crippen LogP contribution in [0, 0.1) is 0 Å². The highest BCUT2D eigenvalue weighted by Crippen LogP contribution is 2.42. The fraction of sp³-hybridized carbons (Fsp3) is 0.320. The molecule has 0 saturated heterocycles. The van der Waals surface area contributed by atoms with Crippen LogP contribution in [0.5, 0.6) is 0 Å². The van der Waals surface area contributed by atoms with Crippen LogP contribution in [0.3, 0.4) is 0 Å². The number of benzene rings is 2. The molecule has 0 radical (unpaired) electrons. The highest BCUT2D eigenvalue weighted by Gasteiger charge is 2.34. The van der Waals surface area contributed by atoms with Gasteiger partial charge in [0.05, 0.1) is 15.9 Å². The number of nitrogens with one attached hydrogen (secondary N) is 1. The molecule has 5 rings (SSSR count). The Bertz CT molecular complexity index is 1440. The molecule has 2 heterocycles. The molecular formula is C25H26N4O3S. The lowest BCUT2D eigenvalue weighted by Gasteiger charge is -2.26. The minimum absolute atomic E-state index is 0.0225. The van der Waals surface area contributed by atoms with E-state index in [1.165, 1.54) is 0 Å². The predicted octanol–water partition coefficient (Wildman–Crippen LogP) is 5.27. The Kier molecular flexibility index (Phi) is 5.62. The van der Waals surface area contributed by atoms with Crippen molar-refractivity contribution in [1.29, 1.82) is 0 Å². The van der Waals surface area contributed by atoms with Gasteiger partial charge in [-0.25, -0.2) is 18.4 Å². The van der Waals surface area contributed by atoms with Crippen molar-refractivity contribution in [3.63, 3.8) is 0 Å². The molecule has 1 aliphatic rings. The number of aromatic nitrogens is 3. The molecule has 33 heavy (non-hydrogen) atoms. The first kappa shape index (κ1) is 21.6. The zero-order chi connectivity index (χ0) is 23.0. The molecule has 0 bridgehead atoms. The lowest BCUT2D eigenvalue weighted by Crippen LogP contribution is -2.20. The highest BCUT2D eigenvalue weighted by atomic mass is 32.2. The van der Waals surface area contributed by atoms with Crippen LogP contribution in [0.1, 0.15) is 51.5 Å². The van der Waals surface area contributed by atoms with Gasteiger partial charge in [0, 0.05) is 12.5 Å². The molecule has 1 saturated carbocycles. The topological polar surface area (TPSA) is 93.9 Å². The number of fused-ring (bicyclic) bond motifs is 2. The van der Waals surface area contributed by atoms with Crippen LogP contribution in [0.4, 0.5) is 5.82 Å². The molecule has 0 aliphatic heterocycles. The molecule has 2 aromatic carbocycles.